The Hall–Kier alpha value is -1.95. The van der Waals surface area contributed by atoms with Crippen LogP contribution in [0.5, 0.6) is 11.5 Å². The first-order valence-electron chi connectivity index (χ1n) is 8.24. The molecule has 0 unspecified atom stereocenters. The molecule has 0 aliphatic carbocycles. The van der Waals surface area contributed by atoms with Crippen LogP contribution in [0.1, 0.15) is 24.1 Å². The standard InChI is InChI=1S/C19H20Cl2N2O3/c1-12(13-4-6-17-18(7-13)26-11-25-17)22-19(24)10-23(2)9-14-3-5-15(20)8-16(14)21/h3-8,12H,9-11H2,1-2H3,(H,22,24)/t12-/m0/s1. The van der Waals surface area contributed by atoms with Crippen molar-refractivity contribution in [2.75, 3.05) is 20.4 Å². The molecule has 26 heavy (non-hydrogen) atoms. The van der Waals surface area contributed by atoms with E-state index < -0.39 is 0 Å². The predicted octanol–water partition coefficient (Wildman–Crippen LogP) is 4.03. The van der Waals surface area contributed by atoms with Crippen LogP contribution in [0, 0.1) is 0 Å². The molecule has 0 radical (unpaired) electrons. The fourth-order valence-electron chi connectivity index (χ4n) is 2.79. The Morgan fingerprint density at radius 1 is 1.19 bits per heavy atom. The van der Waals surface area contributed by atoms with Gasteiger partial charge in [-0.15, -0.1) is 0 Å². The number of ether oxygens (including phenoxy) is 2. The summed E-state index contributed by atoms with van der Waals surface area (Å²) in [5, 5.41) is 4.19. The first-order valence-corrected chi connectivity index (χ1v) is 8.99. The summed E-state index contributed by atoms with van der Waals surface area (Å²) >= 11 is 12.1. The summed E-state index contributed by atoms with van der Waals surface area (Å²) in [5.41, 5.74) is 1.89. The van der Waals surface area contributed by atoms with Crippen LogP contribution in [0.2, 0.25) is 10.0 Å². The zero-order chi connectivity index (χ0) is 18.7. The van der Waals surface area contributed by atoms with E-state index in [0.29, 0.717) is 22.3 Å². The van der Waals surface area contributed by atoms with Crippen molar-refractivity contribution in [2.24, 2.45) is 0 Å². The van der Waals surface area contributed by atoms with Crippen molar-refractivity contribution >= 4 is 29.1 Å². The number of amides is 1. The number of carbonyl (C=O) groups is 1. The van der Waals surface area contributed by atoms with Crippen LogP contribution < -0.4 is 14.8 Å². The van der Waals surface area contributed by atoms with E-state index in [4.69, 9.17) is 32.7 Å². The number of nitrogens with one attached hydrogen (secondary N) is 1. The summed E-state index contributed by atoms with van der Waals surface area (Å²) in [6.45, 7) is 2.98. The number of fused-ring (bicyclic) bond motifs is 1. The van der Waals surface area contributed by atoms with Crippen LogP contribution >= 0.6 is 23.2 Å². The summed E-state index contributed by atoms with van der Waals surface area (Å²) in [6, 6.07) is 10.9. The van der Waals surface area contributed by atoms with Crippen molar-refractivity contribution in [1.29, 1.82) is 0 Å². The number of rotatable bonds is 6. The summed E-state index contributed by atoms with van der Waals surface area (Å²) in [4.78, 5) is 14.2. The van der Waals surface area contributed by atoms with Gasteiger partial charge in [0.2, 0.25) is 12.7 Å². The van der Waals surface area contributed by atoms with E-state index in [1.165, 1.54) is 0 Å². The molecule has 0 bridgehead atoms. The Kier molecular flexibility index (Phi) is 5.91. The summed E-state index contributed by atoms with van der Waals surface area (Å²) in [7, 11) is 1.87. The third kappa shape index (κ3) is 4.61. The van der Waals surface area contributed by atoms with Gasteiger partial charge >= 0.3 is 0 Å². The predicted molar refractivity (Wildman–Crippen MR) is 102 cm³/mol. The fraction of sp³-hybridized carbons (Fsp3) is 0.316. The Labute approximate surface area is 162 Å². The largest absolute Gasteiger partial charge is 0.454 e. The number of nitrogens with zero attached hydrogens (tertiary/aromatic N) is 1. The van der Waals surface area contributed by atoms with E-state index >= 15 is 0 Å². The van der Waals surface area contributed by atoms with Gasteiger partial charge in [-0.1, -0.05) is 35.3 Å². The molecule has 2 aromatic carbocycles. The van der Waals surface area contributed by atoms with Crippen LogP contribution in [0.4, 0.5) is 0 Å². The SMILES string of the molecule is C[C@H](NC(=O)CN(C)Cc1ccc(Cl)cc1Cl)c1ccc2c(c1)OCO2. The van der Waals surface area contributed by atoms with Crippen LogP contribution in [-0.4, -0.2) is 31.2 Å². The molecule has 7 heteroatoms. The molecule has 1 aliphatic rings. The molecule has 0 saturated heterocycles. The first kappa shape index (κ1) is 18.8. The summed E-state index contributed by atoms with van der Waals surface area (Å²) in [5.74, 6) is 1.37. The highest BCUT2D eigenvalue weighted by atomic mass is 35.5. The lowest BCUT2D eigenvalue weighted by atomic mass is 10.1. The van der Waals surface area contributed by atoms with Gasteiger partial charge in [-0.25, -0.2) is 0 Å². The topological polar surface area (TPSA) is 50.8 Å². The second-order valence-electron chi connectivity index (χ2n) is 6.31. The lowest BCUT2D eigenvalue weighted by molar-refractivity contribution is -0.122. The van der Waals surface area contributed by atoms with Gasteiger partial charge < -0.3 is 14.8 Å². The lowest BCUT2D eigenvalue weighted by Gasteiger charge is -2.20. The Balaban J connectivity index is 1.54. The minimum atomic E-state index is -0.135. The average molecular weight is 395 g/mol. The number of hydrogen-bond donors (Lipinski definition) is 1. The van der Waals surface area contributed by atoms with E-state index in [2.05, 4.69) is 5.32 Å². The minimum Gasteiger partial charge on any atom is -0.454 e. The summed E-state index contributed by atoms with van der Waals surface area (Å²) in [6.07, 6.45) is 0. The molecular formula is C19H20Cl2N2O3. The van der Waals surface area contributed by atoms with Gasteiger partial charge in [-0.3, -0.25) is 9.69 Å². The number of carbonyl (C=O) groups excluding carboxylic acids is 1. The molecule has 0 saturated carbocycles. The highest BCUT2D eigenvalue weighted by Gasteiger charge is 2.17. The molecule has 0 spiro atoms. The Morgan fingerprint density at radius 2 is 1.96 bits per heavy atom. The van der Waals surface area contributed by atoms with Crippen LogP contribution in [0.25, 0.3) is 0 Å². The van der Waals surface area contributed by atoms with Crippen LogP contribution in [-0.2, 0) is 11.3 Å². The molecule has 5 nitrogen and oxygen atoms in total. The van der Waals surface area contributed by atoms with Gasteiger partial charge in [0.25, 0.3) is 0 Å². The molecule has 1 amide bonds. The average Bonchev–Trinajstić information content (AvgIpc) is 3.04. The quantitative estimate of drug-likeness (QED) is 0.803. The fourth-order valence-corrected chi connectivity index (χ4v) is 3.26. The van der Waals surface area contributed by atoms with E-state index in [9.17, 15) is 4.79 Å². The van der Waals surface area contributed by atoms with Crippen molar-refractivity contribution in [3.8, 4) is 11.5 Å². The second kappa shape index (κ2) is 8.16. The van der Waals surface area contributed by atoms with E-state index in [0.717, 1.165) is 16.9 Å². The molecule has 1 atom stereocenters. The van der Waals surface area contributed by atoms with Gasteiger partial charge in [0.15, 0.2) is 11.5 Å². The van der Waals surface area contributed by atoms with Crippen molar-refractivity contribution in [3.63, 3.8) is 0 Å². The molecule has 0 aromatic heterocycles. The number of halogens is 2. The number of benzene rings is 2. The van der Waals surface area contributed by atoms with Crippen molar-refractivity contribution in [1.82, 2.24) is 10.2 Å². The maximum atomic E-state index is 12.3. The molecule has 1 N–H and O–H groups in total. The zero-order valence-corrected chi connectivity index (χ0v) is 16.1. The van der Waals surface area contributed by atoms with E-state index in [1.54, 1.807) is 12.1 Å². The monoisotopic (exact) mass is 394 g/mol. The summed E-state index contributed by atoms with van der Waals surface area (Å²) < 4.78 is 10.7. The maximum absolute atomic E-state index is 12.3. The smallest absolute Gasteiger partial charge is 0.234 e. The van der Waals surface area contributed by atoms with E-state index in [1.807, 2.05) is 43.1 Å². The van der Waals surface area contributed by atoms with Crippen molar-refractivity contribution in [2.45, 2.75) is 19.5 Å². The molecular weight excluding hydrogens is 375 g/mol. The maximum Gasteiger partial charge on any atom is 0.234 e. The molecule has 1 heterocycles. The zero-order valence-electron chi connectivity index (χ0n) is 14.6. The third-order valence-corrected chi connectivity index (χ3v) is 4.73. The number of likely N-dealkylation sites (N-methyl/N-ethyl adjacent to an activating group) is 1. The molecule has 138 valence electrons. The molecule has 0 fully saturated rings. The molecule has 2 aromatic rings. The van der Waals surface area contributed by atoms with Crippen molar-refractivity contribution in [3.05, 3.63) is 57.6 Å². The molecule has 1 aliphatic heterocycles. The highest BCUT2D eigenvalue weighted by Crippen LogP contribution is 2.34. The highest BCUT2D eigenvalue weighted by molar-refractivity contribution is 6.35. The van der Waals surface area contributed by atoms with Gasteiger partial charge in [0, 0.05) is 16.6 Å². The van der Waals surface area contributed by atoms with E-state index in [-0.39, 0.29) is 25.3 Å². The van der Waals surface area contributed by atoms with Gasteiger partial charge in [0.05, 0.1) is 12.6 Å². The normalized spacial score (nSPS) is 13.7. The third-order valence-electron chi connectivity index (χ3n) is 4.14. The van der Waals surface area contributed by atoms with Gasteiger partial charge in [0.1, 0.15) is 0 Å². The van der Waals surface area contributed by atoms with Gasteiger partial charge in [-0.2, -0.15) is 0 Å². The first-order chi connectivity index (χ1) is 12.4. The van der Waals surface area contributed by atoms with Crippen molar-refractivity contribution < 1.29 is 14.3 Å². The number of hydrogen-bond acceptors (Lipinski definition) is 4. The Bertz CT molecular complexity index is 813. The lowest BCUT2D eigenvalue weighted by Crippen LogP contribution is -2.36. The molecule has 3 rings (SSSR count). The van der Waals surface area contributed by atoms with Crippen LogP contribution in [0.3, 0.4) is 0 Å². The Morgan fingerprint density at radius 3 is 2.73 bits per heavy atom. The minimum absolute atomic E-state index is 0.0669. The van der Waals surface area contributed by atoms with Crippen LogP contribution in [0.15, 0.2) is 36.4 Å². The second-order valence-corrected chi connectivity index (χ2v) is 7.15. The van der Waals surface area contributed by atoms with Gasteiger partial charge in [-0.05, 0) is 49.4 Å².